The minimum absolute atomic E-state index is 0.158. The lowest BCUT2D eigenvalue weighted by Crippen LogP contribution is -2.62. The van der Waals surface area contributed by atoms with E-state index in [0.717, 1.165) is 56.0 Å². The quantitative estimate of drug-likeness (QED) is 0.843. The Balaban J connectivity index is 1.51. The zero-order valence-electron chi connectivity index (χ0n) is 14.8. The lowest BCUT2D eigenvalue weighted by Gasteiger charge is -2.46. The van der Waals surface area contributed by atoms with Crippen LogP contribution in [0.15, 0.2) is 54.6 Å². The van der Waals surface area contributed by atoms with E-state index in [9.17, 15) is 4.79 Å². The Morgan fingerprint density at radius 1 is 0.880 bits per heavy atom. The standard InChI is InChI=1S/C21H25N3O/c1-22-10-11-23-12-13-24(16-20(23)15-22)21(25)19-9-5-8-18(14-19)17-6-3-2-4-7-17/h2-9,14,20H,10-13,15-16H2,1H3/t20-/m0/s1. The topological polar surface area (TPSA) is 26.8 Å². The number of hydrogen-bond acceptors (Lipinski definition) is 3. The second kappa shape index (κ2) is 6.98. The molecule has 25 heavy (non-hydrogen) atoms. The van der Waals surface area contributed by atoms with E-state index in [1.807, 2.05) is 41.3 Å². The number of likely N-dealkylation sites (N-methyl/N-ethyl adjacent to an activating group) is 1. The summed E-state index contributed by atoms with van der Waals surface area (Å²) >= 11 is 0. The number of rotatable bonds is 2. The lowest BCUT2D eigenvalue weighted by molar-refractivity contribution is 0.0190. The van der Waals surface area contributed by atoms with Crippen molar-refractivity contribution in [1.82, 2.24) is 14.7 Å². The molecule has 2 aromatic carbocycles. The van der Waals surface area contributed by atoms with E-state index in [1.165, 1.54) is 0 Å². The normalized spacial score (nSPS) is 21.8. The van der Waals surface area contributed by atoms with Crippen molar-refractivity contribution in [2.24, 2.45) is 0 Å². The van der Waals surface area contributed by atoms with Crippen molar-refractivity contribution in [2.45, 2.75) is 6.04 Å². The second-order valence-electron chi connectivity index (χ2n) is 7.15. The molecule has 2 aliphatic heterocycles. The molecule has 4 heteroatoms. The van der Waals surface area contributed by atoms with E-state index in [-0.39, 0.29) is 5.91 Å². The molecule has 0 aliphatic carbocycles. The maximum absolute atomic E-state index is 13.0. The molecule has 1 atom stereocenters. The third kappa shape index (κ3) is 3.46. The van der Waals surface area contributed by atoms with Gasteiger partial charge < -0.3 is 9.80 Å². The first-order valence-corrected chi connectivity index (χ1v) is 9.08. The first kappa shape index (κ1) is 16.3. The predicted octanol–water partition coefficient (Wildman–Crippen LogP) is 2.43. The van der Waals surface area contributed by atoms with Gasteiger partial charge in [0, 0.05) is 50.9 Å². The zero-order valence-corrected chi connectivity index (χ0v) is 14.8. The van der Waals surface area contributed by atoms with Gasteiger partial charge >= 0.3 is 0 Å². The SMILES string of the molecule is CN1CCN2CCN(C(=O)c3cccc(-c4ccccc4)c3)C[C@@H]2C1. The van der Waals surface area contributed by atoms with Crippen LogP contribution in [0.1, 0.15) is 10.4 Å². The molecular formula is C21H25N3O. The molecular weight excluding hydrogens is 310 g/mol. The maximum atomic E-state index is 13.0. The molecule has 0 radical (unpaired) electrons. The molecule has 0 bridgehead atoms. The van der Waals surface area contributed by atoms with Gasteiger partial charge in [0.05, 0.1) is 0 Å². The first-order chi connectivity index (χ1) is 12.2. The van der Waals surface area contributed by atoms with Crippen molar-refractivity contribution >= 4 is 5.91 Å². The average molecular weight is 335 g/mol. The molecule has 4 rings (SSSR count). The van der Waals surface area contributed by atoms with Gasteiger partial charge in [-0.2, -0.15) is 0 Å². The number of carbonyl (C=O) groups excluding carboxylic acids is 1. The Kier molecular flexibility index (Phi) is 4.55. The van der Waals surface area contributed by atoms with Crippen LogP contribution in [0, 0.1) is 0 Å². The van der Waals surface area contributed by atoms with Crippen molar-refractivity contribution < 1.29 is 4.79 Å². The van der Waals surface area contributed by atoms with Gasteiger partial charge in [-0.3, -0.25) is 9.69 Å². The van der Waals surface area contributed by atoms with Crippen molar-refractivity contribution in [2.75, 3.05) is 46.3 Å². The number of fused-ring (bicyclic) bond motifs is 1. The molecule has 2 fully saturated rings. The fourth-order valence-corrected chi connectivity index (χ4v) is 3.94. The van der Waals surface area contributed by atoms with Crippen molar-refractivity contribution in [3.8, 4) is 11.1 Å². The highest BCUT2D eigenvalue weighted by molar-refractivity contribution is 5.95. The molecule has 2 aliphatic rings. The third-order valence-corrected chi connectivity index (χ3v) is 5.40. The van der Waals surface area contributed by atoms with Crippen LogP contribution in [-0.2, 0) is 0 Å². The molecule has 2 saturated heterocycles. The van der Waals surface area contributed by atoms with Crippen LogP contribution in [0.2, 0.25) is 0 Å². The van der Waals surface area contributed by atoms with Crippen LogP contribution in [0.25, 0.3) is 11.1 Å². The summed E-state index contributed by atoms with van der Waals surface area (Å²) in [5, 5.41) is 0. The van der Waals surface area contributed by atoms with Gasteiger partial charge in [0.2, 0.25) is 0 Å². The monoisotopic (exact) mass is 335 g/mol. The first-order valence-electron chi connectivity index (χ1n) is 9.08. The number of amides is 1. The van der Waals surface area contributed by atoms with Gasteiger partial charge in [0.25, 0.3) is 5.91 Å². The molecule has 2 heterocycles. The minimum Gasteiger partial charge on any atom is -0.336 e. The van der Waals surface area contributed by atoms with Crippen LogP contribution < -0.4 is 0 Å². The number of nitrogens with zero attached hydrogens (tertiary/aromatic N) is 3. The van der Waals surface area contributed by atoms with Crippen molar-refractivity contribution in [3.63, 3.8) is 0 Å². The molecule has 1 amide bonds. The summed E-state index contributed by atoms with van der Waals surface area (Å²) in [5.41, 5.74) is 3.04. The summed E-state index contributed by atoms with van der Waals surface area (Å²) in [6.07, 6.45) is 0. The Morgan fingerprint density at radius 3 is 2.48 bits per heavy atom. The number of hydrogen-bond donors (Lipinski definition) is 0. The summed E-state index contributed by atoms with van der Waals surface area (Å²) in [6.45, 7) is 5.94. The molecule has 0 N–H and O–H groups in total. The molecule has 2 aromatic rings. The summed E-state index contributed by atoms with van der Waals surface area (Å²) in [7, 11) is 2.17. The smallest absolute Gasteiger partial charge is 0.253 e. The van der Waals surface area contributed by atoms with E-state index < -0.39 is 0 Å². The van der Waals surface area contributed by atoms with Gasteiger partial charge in [-0.25, -0.2) is 0 Å². The molecule has 130 valence electrons. The average Bonchev–Trinajstić information content (AvgIpc) is 2.67. The Labute approximate surface area is 149 Å². The van der Waals surface area contributed by atoms with Crippen LogP contribution >= 0.6 is 0 Å². The van der Waals surface area contributed by atoms with E-state index in [1.54, 1.807) is 0 Å². The molecule has 0 spiro atoms. The van der Waals surface area contributed by atoms with Gasteiger partial charge in [-0.05, 0) is 30.3 Å². The van der Waals surface area contributed by atoms with Crippen LogP contribution in [0.3, 0.4) is 0 Å². The molecule has 4 nitrogen and oxygen atoms in total. The number of carbonyl (C=O) groups is 1. The molecule has 0 unspecified atom stereocenters. The van der Waals surface area contributed by atoms with Gasteiger partial charge in [-0.1, -0.05) is 42.5 Å². The van der Waals surface area contributed by atoms with Gasteiger partial charge in [0.15, 0.2) is 0 Å². The number of piperazine rings is 2. The molecule has 0 aromatic heterocycles. The highest BCUT2D eigenvalue weighted by Crippen LogP contribution is 2.22. The second-order valence-corrected chi connectivity index (χ2v) is 7.15. The fourth-order valence-electron chi connectivity index (χ4n) is 3.94. The van der Waals surface area contributed by atoms with E-state index in [4.69, 9.17) is 0 Å². The van der Waals surface area contributed by atoms with E-state index >= 15 is 0 Å². The maximum Gasteiger partial charge on any atom is 0.253 e. The number of benzene rings is 2. The summed E-state index contributed by atoms with van der Waals surface area (Å²) in [5.74, 6) is 0.158. The minimum atomic E-state index is 0.158. The van der Waals surface area contributed by atoms with Crippen LogP contribution in [0.5, 0.6) is 0 Å². The molecule has 0 saturated carbocycles. The largest absolute Gasteiger partial charge is 0.336 e. The van der Waals surface area contributed by atoms with Crippen molar-refractivity contribution in [3.05, 3.63) is 60.2 Å². The lowest BCUT2D eigenvalue weighted by atomic mass is 10.0. The zero-order chi connectivity index (χ0) is 17.2. The van der Waals surface area contributed by atoms with Crippen molar-refractivity contribution in [1.29, 1.82) is 0 Å². The van der Waals surface area contributed by atoms with Gasteiger partial charge in [0.1, 0.15) is 0 Å². The highest BCUT2D eigenvalue weighted by atomic mass is 16.2. The van der Waals surface area contributed by atoms with Crippen LogP contribution in [0.4, 0.5) is 0 Å². The highest BCUT2D eigenvalue weighted by Gasteiger charge is 2.33. The fraction of sp³-hybridized carbons (Fsp3) is 0.381. The van der Waals surface area contributed by atoms with E-state index in [0.29, 0.717) is 6.04 Å². The van der Waals surface area contributed by atoms with E-state index in [2.05, 4.69) is 35.0 Å². The summed E-state index contributed by atoms with van der Waals surface area (Å²) in [6, 6.07) is 18.7. The Morgan fingerprint density at radius 2 is 1.64 bits per heavy atom. The third-order valence-electron chi connectivity index (χ3n) is 5.40. The van der Waals surface area contributed by atoms with Gasteiger partial charge in [-0.15, -0.1) is 0 Å². The summed E-state index contributed by atoms with van der Waals surface area (Å²) in [4.78, 5) is 20.0. The Hall–Kier alpha value is -2.17. The van der Waals surface area contributed by atoms with Crippen LogP contribution in [-0.4, -0.2) is 73.0 Å². The predicted molar refractivity (Wildman–Crippen MR) is 101 cm³/mol. The summed E-state index contributed by atoms with van der Waals surface area (Å²) < 4.78 is 0. The Bertz CT molecular complexity index is 746.